The van der Waals surface area contributed by atoms with Gasteiger partial charge in [0.2, 0.25) is 5.91 Å². The van der Waals surface area contributed by atoms with Gasteiger partial charge < -0.3 is 11.1 Å². The van der Waals surface area contributed by atoms with Crippen molar-refractivity contribution in [2.75, 3.05) is 11.1 Å². The smallest absolute Gasteiger partial charge is 0.228 e. The first-order chi connectivity index (χ1) is 17.5. The van der Waals surface area contributed by atoms with Crippen LogP contribution in [0.15, 0.2) is 55.0 Å². The third-order valence-corrected chi connectivity index (χ3v) is 8.58. The van der Waals surface area contributed by atoms with Crippen LogP contribution < -0.4 is 11.1 Å². The zero-order valence-corrected chi connectivity index (χ0v) is 21.3. The Labute approximate surface area is 217 Å². The number of benzene rings is 1. The van der Waals surface area contributed by atoms with Crippen molar-refractivity contribution in [3.63, 3.8) is 0 Å². The van der Waals surface area contributed by atoms with Crippen LogP contribution >= 0.6 is 22.9 Å². The Bertz CT molecular complexity index is 1580. The summed E-state index contributed by atoms with van der Waals surface area (Å²) in [6, 6.07) is 11.8. The number of nitrogens with two attached hydrogens (primary N) is 1. The lowest BCUT2D eigenvalue weighted by atomic mass is 9.81. The van der Waals surface area contributed by atoms with Crippen molar-refractivity contribution in [1.82, 2.24) is 19.4 Å². The molecule has 36 heavy (non-hydrogen) atoms. The Morgan fingerprint density at radius 3 is 2.75 bits per heavy atom. The van der Waals surface area contributed by atoms with Crippen molar-refractivity contribution < 1.29 is 4.79 Å². The minimum atomic E-state index is -0.0356. The molecule has 6 rings (SSSR count). The van der Waals surface area contributed by atoms with E-state index in [2.05, 4.69) is 31.8 Å². The van der Waals surface area contributed by atoms with E-state index in [1.807, 2.05) is 37.4 Å². The highest BCUT2D eigenvalue weighted by Gasteiger charge is 2.31. The lowest BCUT2D eigenvalue weighted by molar-refractivity contribution is -0.120. The number of nitrogens with one attached hydrogen (secondary N) is 1. The van der Waals surface area contributed by atoms with E-state index >= 15 is 0 Å². The Morgan fingerprint density at radius 1 is 1.17 bits per heavy atom. The lowest BCUT2D eigenvalue weighted by Crippen LogP contribution is -2.27. The number of hydrogen-bond acceptors (Lipinski definition) is 6. The predicted octanol–water partition coefficient (Wildman–Crippen LogP) is 6.46. The molecule has 7 nitrogen and oxygen atoms in total. The minimum Gasteiger partial charge on any atom is -0.382 e. The van der Waals surface area contributed by atoms with Crippen molar-refractivity contribution in [2.45, 2.75) is 38.5 Å². The molecule has 1 aromatic carbocycles. The van der Waals surface area contributed by atoms with Crippen LogP contribution in [0.5, 0.6) is 0 Å². The van der Waals surface area contributed by atoms with Gasteiger partial charge in [0.15, 0.2) is 0 Å². The second-order valence-electron chi connectivity index (χ2n) is 9.38. The first kappa shape index (κ1) is 22.9. The second kappa shape index (κ2) is 9.19. The van der Waals surface area contributed by atoms with Gasteiger partial charge in [-0.3, -0.25) is 9.20 Å². The van der Waals surface area contributed by atoms with Crippen molar-refractivity contribution in [3.05, 3.63) is 71.4 Å². The van der Waals surface area contributed by atoms with Gasteiger partial charge in [-0.15, -0.1) is 11.3 Å². The molecule has 1 saturated carbocycles. The zero-order chi connectivity index (χ0) is 24.8. The largest absolute Gasteiger partial charge is 0.382 e. The number of carbonyl (C=O) groups is 1. The molecule has 4 aromatic heterocycles. The fourth-order valence-corrected chi connectivity index (χ4v) is 6.43. The quantitative estimate of drug-likeness (QED) is 0.285. The molecule has 3 N–H and O–H groups in total. The normalized spacial score (nSPS) is 18.1. The van der Waals surface area contributed by atoms with Crippen molar-refractivity contribution >= 4 is 56.1 Å². The fourth-order valence-electron chi connectivity index (χ4n) is 5.07. The minimum absolute atomic E-state index is 0.0356. The van der Waals surface area contributed by atoms with Gasteiger partial charge in [0.05, 0.1) is 14.6 Å². The summed E-state index contributed by atoms with van der Waals surface area (Å²) >= 11 is 8.06. The maximum Gasteiger partial charge on any atom is 0.228 e. The molecule has 1 amide bonds. The van der Waals surface area contributed by atoms with Gasteiger partial charge >= 0.3 is 0 Å². The third-order valence-electron chi connectivity index (χ3n) is 6.97. The molecule has 0 saturated heterocycles. The van der Waals surface area contributed by atoms with E-state index < -0.39 is 0 Å². The van der Waals surface area contributed by atoms with Crippen LogP contribution in [0.2, 0.25) is 5.02 Å². The molecule has 4 heterocycles. The van der Waals surface area contributed by atoms with Gasteiger partial charge in [-0.2, -0.15) is 0 Å². The lowest BCUT2D eigenvalue weighted by Gasteiger charge is -2.27. The van der Waals surface area contributed by atoms with Crippen LogP contribution in [0.25, 0.3) is 26.2 Å². The number of rotatable bonds is 4. The van der Waals surface area contributed by atoms with Crippen LogP contribution in [-0.4, -0.2) is 25.3 Å². The molecule has 0 radical (unpaired) electrons. The van der Waals surface area contributed by atoms with E-state index in [-0.39, 0.29) is 17.7 Å². The summed E-state index contributed by atoms with van der Waals surface area (Å²) in [6.07, 6.45) is 8.75. The highest BCUT2D eigenvalue weighted by atomic mass is 35.5. The van der Waals surface area contributed by atoms with Crippen LogP contribution in [0.3, 0.4) is 0 Å². The predicted molar refractivity (Wildman–Crippen MR) is 146 cm³/mol. The summed E-state index contributed by atoms with van der Waals surface area (Å²) < 4.78 is 3.11. The molecular weight excluding hydrogens is 492 g/mol. The van der Waals surface area contributed by atoms with Gasteiger partial charge in [-0.05, 0) is 61.8 Å². The molecule has 5 aromatic rings. The number of halogens is 1. The van der Waals surface area contributed by atoms with Crippen LogP contribution in [0.1, 0.15) is 43.0 Å². The molecule has 182 valence electrons. The molecule has 0 bridgehead atoms. The first-order valence-electron chi connectivity index (χ1n) is 12.0. The summed E-state index contributed by atoms with van der Waals surface area (Å²) in [5, 5.41) is 4.79. The molecule has 1 aliphatic rings. The summed E-state index contributed by atoms with van der Waals surface area (Å²) in [4.78, 5) is 27.6. The topological polar surface area (TPSA) is 98.2 Å². The number of nitrogens with zero attached hydrogens (tertiary/aromatic N) is 4. The van der Waals surface area contributed by atoms with Gasteiger partial charge in [0, 0.05) is 30.4 Å². The molecule has 1 fully saturated rings. The summed E-state index contributed by atoms with van der Waals surface area (Å²) in [5.74, 6) is 2.25. The highest BCUT2D eigenvalue weighted by Crippen LogP contribution is 2.42. The van der Waals surface area contributed by atoms with Gasteiger partial charge in [0.1, 0.15) is 28.7 Å². The Kier molecular flexibility index (Phi) is 5.85. The molecule has 0 unspecified atom stereocenters. The zero-order valence-electron chi connectivity index (χ0n) is 19.7. The van der Waals surface area contributed by atoms with Gasteiger partial charge in [0.25, 0.3) is 0 Å². The number of aromatic nitrogens is 4. The molecule has 9 heteroatoms. The van der Waals surface area contributed by atoms with Gasteiger partial charge in [-0.25, -0.2) is 15.0 Å². The number of anilines is 2. The Hall–Kier alpha value is -3.49. The number of hydrogen-bond donors (Lipinski definition) is 2. The van der Waals surface area contributed by atoms with E-state index in [1.165, 1.54) is 0 Å². The number of amides is 1. The number of aryl methyl sites for hydroxylation is 1. The maximum absolute atomic E-state index is 12.8. The summed E-state index contributed by atoms with van der Waals surface area (Å²) in [6.45, 7) is 1.98. The summed E-state index contributed by atoms with van der Waals surface area (Å²) in [5.41, 5.74) is 9.07. The number of fused-ring (bicyclic) bond motifs is 2. The highest BCUT2D eigenvalue weighted by molar-refractivity contribution is 7.22. The molecular formula is C27H25ClN6OS. The fraction of sp³-hybridized carbons (Fsp3) is 0.259. The Balaban J connectivity index is 1.27. The third kappa shape index (κ3) is 4.10. The van der Waals surface area contributed by atoms with Crippen molar-refractivity contribution in [2.24, 2.45) is 5.92 Å². The second-order valence-corrected chi connectivity index (χ2v) is 10.8. The van der Waals surface area contributed by atoms with Gasteiger partial charge in [-0.1, -0.05) is 29.8 Å². The SMILES string of the molecule is Cc1ccc(NC(=O)C2CCC(c3nc(-c4cc5cccc(Cl)c5s4)c4c(N)nccn34)CC2)nc1. The number of pyridine rings is 1. The Morgan fingerprint density at radius 2 is 2.00 bits per heavy atom. The van der Waals surface area contributed by atoms with E-state index in [4.69, 9.17) is 22.3 Å². The van der Waals surface area contributed by atoms with Crippen LogP contribution in [0.4, 0.5) is 11.6 Å². The molecule has 0 spiro atoms. The molecule has 0 aliphatic heterocycles. The standard InChI is InChI=1S/C27H25ClN6OS/c1-15-5-10-21(31-14-15)32-27(35)17-8-6-16(7-9-17)26-33-22(23-25(29)30-11-12-34(23)26)20-13-18-3-2-4-19(28)24(18)36-20/h2-5,10-14,16-17H,6-9H2,1H3,(H2,29,30)(H,31,32,35). The van der Waals surface area contributed by atoms with Crippen molar-refractivity contribution in [3.8, 4) is 10.6 Å². The summed E-state index contributed by atoms with van der Waals surface area (Å²) in [7, 11) is 0. The number of carbonyl (C=O) groups excluding carboxylic acids is 1. The van der Waals surface area contributed by atoms with Crippen molar-refractivity contribution in [1.29, 1.82) is 0 Å². The molecule has 0 atom stereocenters. The molecule has 1 aliphatic carbocycles. The van der Waals surface area contributed by atoms with E-state index in [0.717, 1.165) is 68.3 Å². The maximum atomic E-state index is 12.8. The number of thiophene rings is 1. The number of nitrogen functional groups attached to an aromatic ring is 1. The van der Waals surface area contributed by atoms with E-state index in [0.29, 0.717) is 11.6 Å². The first-order valence-corrected chi connectivity index (χ1v) is 13.2. The average molecular weight is 517 g/mol. The van der Waals surface area contributed by atoms with E-state index in [1.54, 1.807) is 23.7 Å². The monoisotopic (exact) mass is 516 g/mol. The van der Waals surface area contributed by atoms with E-state index in [9.17, 15) is 4.79 Å². The van der Waals surface area contributed by atoms with Crippen LogP contribution in [0, 0.1) is 12.8 Å². The average Bonchev–Trinajstić information content (AvgIpc) is 3.49. The van der Waals surface area contributed by atoms with Crippen LogP contribution in [-0.2, 0) is 4.79 Å². The number of imidazole rings is 1.